The van der Waals surface area contributed by atoms with Crippen LogP contribution in [0.1, 0.15) is 16.1 Å². The van der Waals surface area contributed by atoms with E-state index >= 15 is 0 Å². The summed E-state index contributed by atoms with van der Waals surface area (Å²) in [5, 5.41) is 12.8. The Kier molecular flexibility index (Phi) is 3.14. The van der Waals surface area contributed by atoms with Crippen molar-refractivity contribution in [1.29, 1.82) is 0 Å². The number of hydrogen-bond donors (Lipinski definition) is 2. The SMILES string of the molecule is Nc1cn(Cc2ccccc2Br)nc1C(=O)O. The first kappa shape index (κ1) is 11.7. The molecule has 3 N–H and O–H groups in total. The lowest BCUT2D eigenvalue weighted by molar-refractivity contribution is 0.0690. The van der Waals surface area contributed by atoms with E-state index in [0.717, 1.165) is 10.0 Å². The Bertz CT molecular complexity index is 566. The number of hydrogen-bond acceptors (Lipinski definition) is 3. The van der Waals surface area contributed by atoms with Crippen molar-refractivity contribution >= 4 is 27.6 Å². The molecule has 88 valence electrons. The van der Waals surface area contributed by atoms with E-state index in [1.165, 1.54) is 10.9 Å². The van der Waals surface area contributed by atoms with Crippen LogP contribution in [0.2, 0.25) is 0 Å². The number of aromatic carboxylic acids is 1. The number of carbonyl (C=O) groups is 1. The van der Waals surface area contributed by atoms with Gasteiger partial charge in [0.1, 0.15) is 0 Å². The molecule has 0 radical (unpaired) electrons. The summed E-state index contributed by atoms with van der Waals surface area (Å²) in [7, 11) is 0. The van der Waals surface area contributed by atoms with E-state index < -0.39 is 5.97 Å². The Morgan fingerprint density at radius 2 is 2.18 bits per heavy atom. The Morgan fingerprint density at radius 1 is 1.47 bits per heavy atom. The summed E-state index contributed by atoms with van der Waals surface area (Å²) in [6.45, 7) is 0.471. The number of nitrogens with two attached hydrogens (primary N) is 1. The normalized spacial score (nSPS) is 10.4. The summed E-state index contributed by atoms with van der Waals surface area (Å²) in [5.41, 5.74) is 6.62. The smallest absolute Gasteiger partial charge is 0.358 e. The topological polar surface area (TPSA) is 81.1 Å². The van der Waals surface area contributed by atoms with Gasteiger partial charge in [-0.05, 0) is 11.6 Å². The third kappa shape index (κ3) is 2.47. The maximum Gasteiger partial charge on any atom is 0.358 e. The largest absolute Gasteiger partial charge is 0.476 e. The molecule has 0 aliphatic carbocycles. The van der Waals surface area contributed by atoms with Gasteiger partial charge >= 0.3 is 5.97 Å². The molecule has 5 nitrogen and oxygen atoms in total. The summed E-state index contributed by atoms with van der Waals surface area (Å²) in [4.78, 5) is 10.8. The lowest BCUT2D eigenvalue weighted by atomic mass is 10.2. The summed E-state index contributed by atoms with van der Waals surface area (Å²) in [5.74, 6) is -1.12. The van der Waals surface area contributed by atoms with E-state index in [4.69, 9.17) is 10.8 Å². The van der Waals surface area contributed by atoms with Crippen molar-refractivity contribution in [3.63, 3.8) is 0 Å². The van der Waals surface area contributed by atoms with Crippen molar-refractivity contribution in [2.24, 2.45) is 0 Å². The van der Waals surface area contributed by atoms with E-state index in [2.05, 4.69) is 21.0 Å². The van der Waals surface area contributed by atoms with Gasteiger partial charge in [0.2, 0.25) is 0 Å². The van der Waals surface area contributed by atoms with Gasteiger partial charge in [-0.3, -0.25) is 4.68 Å². The monoisotopic (exact) mass is 295 g/mol. The number of carboxylic acids is 1. The van der Waals surface area contributed by atoms with Gasteiger partial charge in [0.15, 0.2) is 5.69 Å². The number of carboxylic acid groups (broad SMARTS) is 1. The molecule has 0 unspecified atom stereocenters. The molecule has 0 aliphatic heterocycles. The van der Waals surface area contributed by atoms with Crippen LogP contribution in [0.25, 0.3) is 0 Å². The highest BCUT2D eigenvalue weighted by Crippen LogP contribution is 2.18. The fourth-order valence-electron chi connectivity index (χ4n) is 1.49. The van der Waals surface area contributed by atoms with Crippen LogP contribution in [0.15, 0.2) is 34.9 Å². The first-order valence-corrected chi connectivity index (χ1v) is 5.67. The average molecular weight is 296 g/mol. The molecule has 0 saturated heterocycles. The van der Waals surface area contributed by atoms with Crippen LogP contribution in [0.5, 0.6) is 0 Å². The first-order valence-electron chi connectivity index (χ1n) is 4.87. The minimum Gasteiger partial charge on any atom is -0.476 e. The van der Waals surface area contributed by atoms with Gasteiger partial charge in [0.05, 0.1) is 12.2 Å². The summed E-state index contributed by atoms with van der Waals surface area (Å²) in [6.07, 6.45) is 1.52. The highest BCUT2D eigenvalue weighted by Gasteiger charge is 2.13. The average Bonchev–Trinajstić information content (AvgIpc) is 2.63. The van der Waals surface area contributed by atoms with Crippen LogP contribution in [0, 0.1) is 0 Å². The lowest BCUT2D eigenvalue weighted by Gasteiger charge is -2.03. The number of halogens is 1. The maximum absolute atomic E-state index is 10.8. The molecule has 2 rings (SSSR count). The van der Waals surface area contributed by atoms with Crippen molar-refractivity contribution in [2.45, 2.75) is 6.54 Å². The van der Waals surface area contributed by atoms with Crippen LogP contribution in [0.3, 0.4) is 0 Å². The van der Waals surface area contributed by atoms with Gasteiger partial charge < -0.3 is 10.8 Å². The molecule has 0 fully saturated rings. The third-order valence-corrected chi connectivity index (χ3v) is 3.06. The second-order valence-electron chi connectivity index (χ2n) is 3.53. The quantitative estimate of drug-likeness (QED) is 0.907. The standard InChI is InChI=1S/C11H10BrN3O2/c12-8-4-2-1-3-7(8)5-15-6-9(13)10(14-15)11(16)17/h1-4,6H,5,13H2,(H,16,17). The van der Waals surface area contributed by atoms with E-state index in [0.29, 0.717) is 6.54 Å². The second kappa shape index (κ2) is 4.58. The first-order chi connectivity index (χ1) is 8.08. The lowest BCUT2D eigenvalue weighted by Crippen LogP contribution is -2.04. The Balaban J connectivity index is 2.28. The summed E-state index contributed by atoms with van der Waals surface area (Å²) in [6, 6.07) is 7.67. The highest BCUT2D eigenvalue weighted by atomic mass is 79.9. The molecule has 0 saturated carbocycles. The molecule has 0 amide bonds. The molecule has 6 heteroatoms. The van der Waals surface area contributed by atoms with Gasteiger partial charge in [-0.15, -0.1) is 0 Å². The molecule has 1 aromatic carbocycles. The molecule has 1 aromatic heterocycles. The molecular formula is C11H10BrN3O2. The van der Waals surface area contributed by atoms with Gasteiger partial charge in [0.25, 0.3) is 0 Å². The number of nitrogen functional groups attached to an aromatic ring is 1. The van der Waals surface area contributed by atoms with Crippen molar-refractivity contribution in [2.75, 3.05) is 5.73 Å². The Labute approximate surface area is 106 Å². The molecule has 0 spiro atoms. The predicted molar refractivity (Wildman–Crippen MR) is 66.8 cm³/mol. The fraction of sp³-hybridized carbons (Fsp3) is 0.0909. The molecule has 2 aromatic rings. The van der Waals surface area contributed by atoms with E-state index in [1.807, 2.05) is 24.3 Å². The third-order valence-electron chi connectivity index (χ3n) is 2.28. The fourth-order valence-corrected chi connectivity index (χ4v) is 1.90. The molecule has 0 bridgehead atoms. The second-order valence-corrected chi connectivity index (χ2v) is 4.38. The van der Waals surface area contributed by atoms with Crippen molar-refractivity contribution in [1.82, 2.24) is 9.78 Å². The number of rotatable bonds is 3. The van der Waals surface area contributed by atoms with Crippen molar-refractivity contribution < 1.29 is 9.90 Å². The summed E-state index contributed by atoms with van der Waals surface area (Å²) < 4.78 is 2.46. The van der Waals surface area contributed by atoms with E-state index in [1.54, 1.807) is 0 Å². The molecule has 0 atom stereocenters. The minimum absolute atomic E-state index is 0.114. The Hall–Kier alpha value is -1.82. The van der Waals surface area contributed by atoms with Gasteiger partial charge in [0, 0.05) is 10.7 Å². The van der Waals surface area contributed by atoms with Crippen molar-refractivity contribution in [3.05, 3.63) is 46.2 Å². The van der Waals surface area contributed by atoms with Crippen LogP contribution in [0.4, 0.5) is 5.69 Å². The zero-order valence-corrected chi connectivity index (χ0v) is 10.4. The van der Waals surface area contributed by atoms with Crippen LogP contribution in [-0.4, -0.2) is 20.9 Å². The van der Waals surface area contributed by atoms with Gasteiger partial charge in [-0.1, -0.05) is 34.1 Å². The molecular weight excluding hydrogens is 286 g/mol. The van der Waals surface area contributed by atoms with Crippen molar-refractivity contribution in [3.8, 4) is 0 Å². The van der Waals surface area contributed by atoms with Crippen LogP contribution < -0.4 is 5.73 Å². The number of anilines is 1. The maximum atomic E-state index is 10.8. The molecule has 1 heterocycles. The van der Waals surface area contributed by atoms with Gasteiger partial charge in [-0.2, -0.15) is 5.10 Å². The number of nitrogens with zero attached hydrogens (tertiary/aromatic N) is 2. The van der Waals surface area contributed by atoms with E-state index in [9.17, 15) is 4.79 Å². The van der Waals surface area contributed by atoms with Crippen LogP contribution >= 0.6 is 15.9 Å². The molecule has 0 aliphatic rings. The minimum atomic E-state index is -1.12. The zero-order chi connectivity index (χ0) is 12.4. The zero-order valence-electron chi connectivity index (χ0n) is 8.80. The number of aromatic nitrogens is 2. The Morgan fingerprint density at radius 3 is 2.76 bits per heavy atom. The predicted octanol–water partition coefficient (Wildman–Crippen LogP) is 1.97. The highest BCUT2D eigenvalue weighted by molar-refractivity contribution is 9.10. The molecule has 17 heavy (non-hydrogen) atoms. The van der Waals surface area contributed by atoms with E-state index in [-0.39, 0.29) is 11.4 Å². The van der Waals surface area contributed by atoms with Crippen LogP contribution in [-0.2, 0) is 6.54 Å². The number of benzene rings is 1. The summed E-state index contributed by atoms with van der Waals surface area (Å²) >= 11 is 3.42. The van der Waals surface area contributed by atoms with Gasteiger partial charge in [-0.25, -0.2) is 4.79 Å².